The number of benzene rings is 1. The van der Waals surface area contributed by atoms with Gasteiger partial charge in [-0.1, -0.05) is 29.8 Å². The molecule has 0 saturated carbocycles. The van der Waals surface area contributed by atoms with Crippen LogP contribution in [0.4, 0.5) is 5.69 Å². The zero-order chi connectivity index (χ0) is 13.0. The lowest BCUT2D eigenvalue weighted by Gasteiger charge is -2.08. The number of hydrogen-bond acceptors (Lipinski definition) is 3. The Bertz CT molecular complexity index is 544. The minimum Gasteiger partial charge on any atom is -0.397 e. The fourth-order valence-electron chi connectivity index (χ4n) is 1.60. The molecule has 0 aliphatic carbocycles. The lowest BCUT2D eigenvalue weighted by atomic mass is 10.0. The predicted octanol–water partition coefficient (Wildman–Crippen LogP) is 3.99. The second-order valence-corrected chi connectivity index (χ2v) is 4.29. The summed E-state index contributed by atoms with van der Waals surface area (Å²) in [5.74, 6) is 0. The van der Waals surface area contributed by atoms with Gasteiger partial charge in [0, 0.05) is 21.1 Å². The first-order valence-electron chi connectivity index (χ1n) is 5.49. The third-order valence-corrected chi connectivity index (χ3v) is 2.73. The Morgan fingerprint density at radius 2 is 2.00 bits per heavy atom. The van der Waals surface area contributed by atoms with Crippen LogP contribution in [0.1, 0.15) is 26.3 Å². The van der Waals surface area contributed by atoms with Crippen molar-refractivity contribution in [2.24, 2.45) is 0 Å². The predicted molar refractivity (Wildman–Crippen MR) is 77.7 cm³/mol. The Morgan fingerprint density at radius 3 is 2.59 bits per heavy atom. The van der Waals surface area contributed by atoms with Gasteiger partial charge in [0.25, 0.3) is 0 Å². The Labute approximate surface area is 110 Å². The number of nitrogens with one attached hydrogen (secondary N) is 1. The van der Waals surface area contributed by atoms with Gasteiger partial charge in [-0.25, -0.2) is 0 Å². The van der Waals surface area contributed by atoms with Crippen LogP contribution in [0.5, 0.6) is 0 Å². The quantitative estimate of drug-likeness (QED) is 0.781. The van der Waals surface area contributed by atoms with E-state index in [9.17, 15) is 0 Å². The summed E-state index contributed by atoms with van der Waals surface area (Å²) < 4.78 is 0.963. The monoisotopic (exact) mass is 293 g/mol. The summed E-state index contributed by atoms with van der Waals surface area (Å²) in [5, 5.41) is 8.62. The van der Waals surface area contributed by atoms with E-state index >= 15 is 0 Å². The number of rotatable bonds is 1. The van der Waals surface area contributed by atoms with Crippen molar-refractivity contribution in [2.45, 2.75) is 20.8 Å². The highest BCUT2D eigenvalue weighted by Crippen LogP contribution is 2.25. The summed E-state index contributed by atoms with van der Waals surface area (Å²) in [7, 11) is 0. The molecular weight excluding hydrogens is 278 g/mol. The van der Waals surface area contributed by atoms with Gasteiger partial charge in [-0.05, 0) is 25.1 Å². The molecule has 1 heterocycles. The second-order valence-electron chi connectivity index (χ2n) is 3.38. The van der Waals surface area contributed by atoms with Crippen molar-refractivity contribution < 1.29 is 0 Å². The Balaban J connectivity index is 0.000000686. The van der Waals surface area contributed by atoms with Gasteiger partial charge in [-0.15, -0.1) is 0 Å². The van der Waals surface area contributed by atoms with Gasteiger partial charge in [-0.2, -0.15) is 0 Å². The van der Waals surface area contributed by atoms with E-state index in [4.69, 9.17) is 11.1 Å². The number of anilines is 1. The van der Waals surface area contributed by atoms with Crippen molar-refractivity contribution >= 4 is 38.2 Å². The van der Waals surface area contributed by atoms with E-state index in [0.29, 0.717) is 11.4 Å². The fraction of sp³-hybridized carbons (Fsp3) is 0.231. The van der Waals surface area contributed by atoms with Crippen molar-refractivity contribution in [1.82, 2.24) is 4.98 Å². The third kappa shape index (κ3) is 2.82. The molecule has 0 radical (unpaired) electrons. The average Bonchev–Trinajstić information content (AvgIpc) is 2.30. The lowest BCUT2D eigenvalue weighted by Crippen LogP contribution is -2.02. The zero-order valence-electron chi connectivity index (χ0n) is 10.2. The van der Waals surface area contributed by atoms with Crippen molar-refractivity contribution in [2.75, 3.05) is 5.73 Å². The molecule has 0 aliphatic heterocycles. The number of nitrogen functional groups attached to an aromatic ring is 1. The zero-order valence-corrected chi connectivity index (χ0v) is 11.8. The summed E-state index contributed by atoms with van der Waals surface area (Å²) in [4.78, 5) is 4.22. The molecule has 3 N–H and O–H groups in total. The molecule has 0 aliphatic rings. The number of nitrogens with zero attached hydrogens (tertiary/aromatic N) is 1. The van der Waals surface area contributed by atoms with Crippen LogP contribution in [0.2, 0.25) is 0 Å². The molecule has 0 saturated heterocycles. The van der Waals surface area contributed by atoms with Gasteiger partial charge in [-0.3, -0.25) is 4.98 Å². The Morgan fingerprint density at radius 1 is 1.35 bits per heavy atom. The Kier molecular flexibility index (Phi) is 4.63. The molecule has 1 aromatic carbocycles. The van der Waals surface area contributed by atoms with Crippen LogP contribution in [0.15, 0.2) is 28.9 Å². The van der Waals surface area contributed by atoms with Crippen LogP contribution < -0.4 is 5.73 Å². The molecule has 17 heavy (non-hydrogen) atoms. The van der Waals surface area contributed by atoms with E-state index in [2.05, 4.69) is 20.9 Å². The number of fused-ring (bicyclic) bond motifs is 1. The average molecular weight is 294 g/mol. The van der Waals surface area contributed by atoms with Crippen molar-refractivity contribution in [3.63, 3.8) is 0 Å². The minimum absolute atomic E-state index is 0.456. The van der Waals surface area contributed by atoms with Crippen LogP contribution in [0, 0.1) is 5.41 Å². The SMILES string of the molecule is CC.CC(=N)c1c(N)cnc2ccc(Br)cc12. The number of aromatic nitrogens is 1. The molecule has 1 aromatic heterocycles. The highest BCUT2D eigenvalue weighted by atomic mass is 79.9. The van der Waals surface area contributed by atoms with E-state index in [1.54, 1.807) is 13.1 Å². The van der Waals surface area contributed by atoms with Gasteiger partial charge in [0.2, 0.25) is 0 Å². The lowest BCUT2D eigenvalue weighted by molar-refractivity contribution is 1.38. The van der Waals surface area contributed by atoms with E-state index in [0.717, 1.165) is 20.9 Å². The smallest absolute Gasteiger partial charge is 0.0711 e. The normalized spacial score (nSPS) is 9.65. The third-order valence-electron chi connectivity index (χ3n) is 2.23. The van der Waals surface area contributed by atoms with Crippen LogP contribution in [0.3, 0.4) is 0 Å². The summed E-state index contributed by atoms with van der Waals surface area (Å²) in [5.41, 5.74) is 8.45. The molecule has 0 fully saturated rings. The van der Waals surface area contributed by atoms with E-state index in [1.165, 1.54) is 0 Å². The van der Waals surface area contributed by atoms with Gasteiger partial charge in [0.15, 0.2) is 0 Å². The summed E-state index contributed by atoms with van der Waals surface area (Å²) in [6.45, 7) is 5.73. The number of halogens is 1. The Hall–Kier alpha value is -1.42. The molecule has 0 amide bonds. The first kappa shape index (κ1) is 13.6. The highest BCUT2D eigenvalue weighted by molar-refractivity contribution is 9.10. The molecule has 2 aromatic rings. The summed E-state index contributed by atoms with van der Waals surface area (Å²) >= 11 is 3.40. The molecule has 0 atom stereocenters. The molecule has 0 spiro atoms. The largest absolute Gasteiger partial charge is 0.397 e. The fourth-order valence-corrected chi connectivity index (χ4v) is 1.96. The minimum atomic E-state index is 0.456. The van der Waals surface area contributed by atoms with Gasteiger partial charge < -0.3 is 11.1 Å². The van der Waals surface area contributed by atoms with Crippen LogP contribution >= 0.6 is 15.9 Å². The number of hydrogen-bond donors (Lipinski definition) is 2. The van der Waals surface area contributed by atoms with Crippen LogP contribution in [-0.2, 0) is 0 Å². The van der Waals surface area contributed by atoms with Crippen LogP contribution in [0.25, 0.3) is 10.9 Å². The molecule has 0 bridgehead atoms. The molecule has 4 heteroatoms. The van der Waals surface area contributed by atoms with E-state index in [1.807, 2.05) is 32.0 Å². The van der Waals surface area contributed by atoms with Gasteiger partial charge in [0.1, 0.15) is 0 Å². The van der Waals surface area contributed by atoms with Gasteiger partial charge in [0.05, 0.1) is 17.4 Å². The maximum atomic E-state index is 7.71. The summed E-state index contributed by atoms with van der Waals surface area (Å²) in [6, 6.07) is 5.77. The van der Waals surface area contributed by atoms with Crippen molar-refractivity contribution in [3.8, 4) is 0 Å². The maximum absolute atomic E-state index is 7.71. The van der Waals surface area contributed by atoms with Crippen molar-refractivity contribution in [3.05, 3.63) is 34.4 Å². The standard InChI is InChI=1S/C11H10BrN3.C2H6/c1-6(13)11-8-4-7(12)2-3-10(8)15-5-9(11)14;1-2/h2-5,13H,14H2,1H3;1-2H3. The topological polar surface area (TPSA) is 62.8 Å². The van der Waals surface area contributed by atoms with Crippen LogP contribution in [-0.4, -0.2) is 10.7 Å². The first-order valence-corrected chi connectivity index (χ1v) is 6.28. The van der Waals surface area contributed by atoms with Gasteiger partial charge >= 0.3 is 0 Å². The first-order chi connectivity index (χ1) is 8.09. The molecule has 3 nitrogen and oxygen atoms in total. The number of pyridine rings is 1. The molecule has 90 valence electrons. The highest BCUT2D eigenvalue weighted by Gasteiger charge is 2.08. The van der Waals surface area contributed by atoms with Crippen molar-refractivity contribution in [1.29, 1.82) is 5.41 Å². The molecule has 2 rings (SSSR count). The maximum Gasteiger partial charge on any atom is 0.0711 e. The second kappa shape index (κ2) is 5.77. The summed E-state index contributed by atoms with van der Waals surface area (Å²) in [6.07, 6.45) is 1.60. The molecular formula is C13H16BrN3. The van der Waals surface area contributed by atoms with E-state index < -0.39 is 0 Å². The van der Waals surface area contributed by atoms with E-state index in [-0.39, 0.29) is 0 Å². The number of nitrogens with two attached hydrogens (primary N) is 1. The molecule has 0 unspecified atom stereocenters.